The molecule has 0 saturated carbocycles. The summed E-state index contributed by atoms with van der Waals surface area (Å²) in [5.74, 6) is 0.663. The largest absolute Gasteiger partial charge is 0.455 e. The zero-order valence-corrected chi connectivity index (χ0v) is 31.0. The number of rotatable bonds is 6. The van der Waals surface area contributed by atoms with Gasteiger partial charge in [-0.2, -0.15) is 0 Å². The topological polar surface area (TPSA) is 38.9 Å². The maximum absolute atomic E-state index is 6.52. The van der Waals surface area contributed by atoms with Crippen LogP contribution in [0, 0.1) is 0 Å². The average molecular weight is 733 g/mol. The Morgan fingerprint density at radius 2 is 0.911 bits per heavy atom. The van der Waals surface area contributed by atoms with E-state index < -0.39 is 0 Å². The molecule has 0 aliphatic heterocycles. The highest BCUT2D eigenvalue weighted by Gasteiger charge is 2.18. The second-order valence-corrected chi connectivity index (χ2v) is 15.2. The Kier molecular flexibility index (Phi) is 7.68. The van der Waals surface area contributed by atoms with Gasteiger partial charge in [0.15, 0.2) is 5.82 Å². The van der Waals surface area contributed by atoms with E-state index >= 15 is 0 Å². The first kappa shape index (κ1) is 32.3. The van der Waals surface area contributed by atoms with Gasteiger partial charge in [0.25, 0.3) is 0 Å². The smallest absolute Gasteiger partial charge is 0.160 e. The van der Waals surface area contributed by atoms with E-state index in [4.69, 9.17) is 14.4 Å². The molecule has 0 unspecified atom stereocenters. The second-order valence-electron chi connectivity index (χ2n) is 14.2. The molecule has 0 saturated heterocycles. The molecule has 11 aromatic rings. The monoisotopic (exact) mass is 732 g/mol. The van der Waals surface area contributed by atoms with Crippen LogP contribution in [0.3, 0.4) is 0 Å². The van der Waals surface area contributed by atoms with Gasteiger partial charge in [-0.1, -0.05) is 140 Å². The van der Waals surface area contributed by atoms with E-state index in [1.165, 1.54) is 31.3 Å². The molecular formula is C52H32N2OS. The van der Waals surface area contributed by atoms with Gasteiger partial charge in [-0.05, 0) is 88.0 Å². The van der Waals surface area contributed by atoms with Crippen LogP contribution in [0.1, 0.15) is 0 Å². The minimum absolute atomic E-state index is 0.663. The maximum Gasteiger partial charge on any atom is 0.160 e. The molecule has 262 valence electrons. The summed E-state index contributed by atoms with van der Waals surface area (Å²) in [6.07, 6.45) is 0. The van der Waals surface area contributed by atoms with E-state index in [2.05, 4.69) is 164 Å². The molecule has 0 bridgehead atoms. The van der Waals surface area contributed by atoms with E-state index in [1.54, 1.807) is 0 Å². The second kappa shape index (κ2) is 13.3. The van der Waals surface area contributed by atoms with Crippen molar-refractivity contribution in [2.75, 3.05) is 0 Å². The molecule has 8 aromatic carbocycles. The first-order valence-electron chi connectivity index (χ1n) is 18.8. The standard InChI is InChI=1S/C52H32N2OS/c1-3-12-33(13-4-1)34-22-24-35(25-23-34)38-28-39(37-26-27-50-45(31-37)42-17-8-10-21-49(42)56-50)30-40(29-38)46-32-47(54-52(53-46)36-14-5-2-6-15-36)44-19-11-18-43-41-16-7-9-20-48(41)55-51(43)44/h1-32H. The molecule has 0 amide bonds. The minimum atomic E-state index is 0.663. The SMILES string of the molecule is c1ccc(-c2ccc(-c3cc(-c4ccc5sc6ccccc6c5c4)cc(-c4cc(-c5cccc6c5oc5ccccc56)nc(-c5ccccc5)n4)c3)cc2)cc1. The van der Waals surface area contributed by atoms with Crippen LogP contribution < -0.4 is 0 Å². The fourth-order valence-corrected chi connectivity index (χ4v) is 8.98. The first-order valence-corrected chi connectivity index (χ1v) is 19.6. The summed E-state index contributed by atoms with van der Waals surface area (Å²) in [5, 5.41) is 4.72. The summed E-state index contributed by atoms with van der Waals surface area (Å²) < 4.78 is 9.11. The molecule has 0 radical (unpaired) electrons. The van der Waals surface area contributed by atoms with E-state index in [-0.39, 0.29) is 0 Å². The fourth-order valence-electron chi connectivity index (χ4n) is 7.90. The Hall–Kier alpha value is -7.14. The maximum atomic E-state index is 6.52. The van der Waals surface area contributed by atoms with Gasteiger partial charge in [0, 0.05) is 47.6 Å². The Labute approximate surface area is 327 Å². The molecule has 11 rings (SSSR count). The predicted octanol–water partition coefficient (Wildman–Crippen LogP) is 14.7. The third kappa shape index (κ3) is 5.67. The van der Waals surface area contributed by atoms with Crippen molar-refractivity contribution in [1.82, 2.24) is 9.97 Å². The molecule has 0 fully saturated rings. The van der Waals surface area contributed by atoms with Crippen molar-refractivity contribution in [2.45, 2.75) is 0 Å². The molecule has 0 atom stereocenters. The van der Waals surface area contributed by atoms with Gasteiger partial charge in [-0.15, -0.1) is 11.3 Å². The highest BCUT2D eigenvalue weighted by atomic mass is 32.1. The fraction of sp³-hybridized carbons (Fsp3) is 0. The van der Waals surface area contributed by atoms with Crippen molar-refractivity contribution < 1.29 is 4.42 Å². The zero-order chi connectivity index (χ0) is 37.0. The molecule has 3 nitrogen and oxygen atoms in total. The minimum Gasteiger partial charge on any atom is -0.455 e. The number of benzene rings is 8. The zero-order valence-electron chi connectivity index (χ0n) is 30.2. The van der Waals surface area contributed by atoms with Gasteiger partial charge in [-0.25, -0.2) is 9.97 Å². The number of nitrogens with zero attached hydrogens (tertiary/aromatic N) is 2. The van der Waals surface area contributed by atoms with Gasteiger partial charge in [0.2, 0.25) is 0 Å². The summed E-state index contributed by atoms with van der Waals surface area (Å²) in [7, 11) is 0. The van der Waals surface area contributed by atoms with Crippen LogP contribution in [0.15, 0.2) is 199 Å². The first-order chi connectivity index (χ1) is 27.7. The van der Waals surface area contributed by atoms with Gasteiger partial charge in [0.1, 0.15) is 11.2 Å². The molecule has 0 spiro atoms. The van der Waals surface area contributed by atoms with Gasteiger partial charge >= 0.3 is 0 Å². The number of fused-ring (bicyclic) bond motifs is 6. The quantitative estimate of drug-likeness (QED) is 0.171. The molecule has 3 heterocycles. The Bertz CT molecular complexity index is 3240. The Morgan fingerprint density at radius 1 is 0.339 bits per heavy atom. The number of thiophene rings is 1. The predicted molar refractivity (Wildman–Crippen MR) is 235 cm³/mol. The van der Waals surface area contributed by atoms with Crippen molar-refractivity contribution in [3.05, 3.63) is 194 Å². The highest BCUT2D eigenvalue weighted by molar-refractivity contribution is 7.25. The number of aromatic nitrogens is 2. The van der Waals surface area contributed by atoms with Crippen LogP contribution in [0.2, 0.25) is 0 Å². The van der Waals surface area contributed by atoms with Gasteiger partial charge in [-0.3, -0.25) is 0 Å². The lowest BCUT2D eigenvalue weighted by atomic mass is 9.93. The van der Waals surface area contributed by atoms with Gasteiger partial charge in [0.05, 0.1) is 11.4 Å². The number of hydrogen-bond donors (Lipinski definition) is 0. The van der Waals surface area contributed by atoms with Crippen molar-refractivity contribution in [1.29, 1.82) is 0 Å². The van der Waals surface area contributed by atoms with Crippen LogP contribution in [-0.4, -0.2) is 9.97 Å². The molecule has 0 N–H and O–H groups in total. The molecular weight excluding hydrogens is 701 g/mol. The van der Waals surface area contributed by atoms with Crippen LogP contribution in [-0.2, 0) is 0 Å². The van der Waals surface area contributed by atoms with Gasteiger partial charge < -0.3 is 4.42 Å². The lowest BCUT2D eigenvalue weighted by molar-refractivity contribution is 0.670. The molecule has 3 aromatic heterocycles. The van der Waals surface area contributed by atoms with Crippen molar-refractivity contribution in [3.8, 4) is 67.3 Å². The third-order valence-electron chi connectivity index (χ3n) is 10.7. The van der Waals surface area contributed by atoms with Crippen LogP contribution in [0.4, 0.5) is 0 Å². The van der Waals surface area contributed by atoms with E-state index in [1.807, 2.05) is 41.7 Å². The van der Waals surface area contributed by atoms with Crippen molar-refractivity contribution in [2.24, 2.45) is 0 Å². The third-order valence-corrected chi connectivity index (χ3v) is 11.9. The lowest BCUT2D eigenvalue weighted by Crippen LogP contribution is -1.97. The number of furan rings is 1. The van der Waals surface area contributed by atoms with Crippen LogP contribution >= 0.6 is 11.3 Å². The van der Waals surface area contributed by atoms with E-state index in [9.17, 15) is 0 Å². The Morgan fingerprint density at radius 3 is 1.71 bits per heavy atom. The summed E-state index contributed by atoms with van der Waals surface area (Å²) in [6, 6.07) is 68.7. The van der Waals surface area contributed by atoms with Crippen LogP contribution in [0.25, 0.3) is 109 Å². The summed E-state index contributed by atoms with van der Waals surface area (Å²) >= 11 is 1.84. The van der Waals surface area contributed by atoms with E-state index in [0.29, 0.717) is 5.82 Å². The number of hydrogen-bond acceptors (Lipinski definition) is 4. The summed E-state index contributed by atoms with van der Waals surface area (Å²) in [5.41, 5.74) is 13.2. The lowest BCUT2D eigenvalue weighted by Gasteiger charge is -2.14. The molecule has 4 heteroatoms. The highest BCUT2D eigenvalue weighted by Crippen LogP contribution is 2.41. The molecule has 56 heavy (non-hydrogen) atoms. The van der Waals surface area contributed by atoms with Crippen molar-refractivity contribution >= 4 is 53.4 Å². The normalized spacial score (nSPS) is 11.6. The van der Waals surface area contributed by atoms with E-state index in [0.717, 1.165) is 72.3 Å². The molecule has 0 aliphatic carbocycles. The van der Waals surface area contributed by atoms with Crippen molar-refractivity contribution in [3.63, 3.8) is 0 Å². The summed E-state index contributed by atoms with van der Waals surface area (Å²) in [4.78, 5) is 10.5. The Balaban J connectivity index is 1.13. The molecule has 0 aliphatic rings. The average Bonchev–Trinajstić information content (AvgIpc) is 3.85. The van der Waals surface area contributed by atoms with Crippen LogP contribution in [0.5, 0.6) is 0 Å². The summed E-state index contributed by atoms with van der Waals surface area (Å²) in [6.45, 7) is 0. The number of para-hydroxylation sites is 2.